The maximum atomic E-state index is 13.5. The number of pyridine rings is 1. The fraction of sp³-hybridized carbons (Fsp3) is 0. The zero-order valence-electron chi connectivity index (χ0n) is 12.1. The Hall–Kier alpha value is -3.89. The van der Waals surface area contributed by atoms with Crippen LogP contribution in [0.4, 0.5) is 10.1 Å². The number of aromatic carboxylic acids is 1. The third-order valence-electron chi connectivity index (χ3n) is 3.34. The first-order valence-electron chi connectivity index (χ1n) is 6.62. The van der Waals surface area contributed by atoms with E-state index in [0.717, 1.165) is 35.2 Å². The van der Waals surface area contributed by atoms with E-state index in [4.69, 9.17) is 5.11 Å². The van der Waals surface area contributed by atoms with Crippen molar-refractivity contribution in [3.05, 3.63) is 72.8 Å². The maximum absolute atomic E-state index is 13.5. The Bertz CT molecular complexity index is 1170. The molecule has 11 heteroatoms. The van der Waals surface area contributed by atoms with Gasteiger partial charge in [-0.25, -0.2) is 14.2 Å². The molecule has 3 rings (SSSR count). The van der Waals surface area contributed by atoms with Gasteiger partial charge in [-0.1, -0.05) is 0 Å². The Morgan fingerprint density at radius 1 is 1.36 bits per heavy atom. The van der Waals surface area contributed by atoms with Gasteiger partial charge in [-0.05, 0) is 6.07 Å². The molecule has 0 saturated carbocycles. The normalized spacial score (nSPS) is 10.8. The number of nitro groups is 1. The van der Waals surface area contributed by atoms with Crippen molar-refractivity contribution >= 4 is 22.7 Å². The van der Waals surface area contributed by atoms with Gasteiger partial charge in [-0.2, -0.15) is 0 Å². The highest BCUT2D eigenvalue weighted by atomic mass is 19.1. The lowest BCUT2D eigenvalue weighted by molar-refractivity contribution is -0.384. The van der Waals surface area contributed by atoms with Crippen molar-refractivity contribution in [3.8, 4) is 5.69 Å². The number of carboxylic acid groups (broad SMARTS) is 1. The molecule has 3 aromatic rings. The molecule has 0 aliphatic rings. The van der Waals surface area contributed by atoms with Crippen LogP contribution in [0.2, 0.25) is 0 Å². The van der Waals surface area contributed by atoms with E-state index in [2.05, 4.69) is 9.97 Å². The number of hydrogen-bond donors (Lipinski definition) is 2. The number of aromatic amines is 1. The zero-order valence-corrected chi connectivity index (χ0v) is 12.1. The van der Waals surface area contributed by atoms with E-state index in [1.165, 1.54) is 0 Å². The summed E-state index contributed by atoms with van der Waals surface area (Å²) >= 11 is 0. The number of carbonyl (C=O) groups is 1. The first-order chi connectivity index (χ1) is 11.8. The van der Waals surface area contributed by atoms with Crippen molar-refractivity contribution < 1.29 is 19.2 Å². The van der Waals surface area contributed by atoms with E-state index in [1.54, 1.807) is 0 Å². The van der Waals surface area contributed by atoms with Gasteiger partial charge in [0.1, 0.15) is 5.69 Å². The number of nitro benzene ring substituents is 1. The van der Waals surface area contributed by atoms with Gasteiger partial charge in [-0.3, -0.25) is 19.7 Å². The second kappa shape index (κ2) is 5.63. The fourth-order valence-electron chi connectivity index (χ4n) is 2.22. The zero-order chi connectivity index (χ0) is 18.3. The number of carboxylic acids is 1. The summed E-state index contributed by atoms with van der Waals surface area (Å²) in [7, 11) is 0. The quantitative estimate of drug-likeness (QED) is 0.527. The molecule has 10 nitrogen and oxygen atoms in total. The van der Waals surface area contributed by atoms with E-state index in [0.29, 0.717) is 0 Å². The molecule has 0 radical (unpaired) electrons. The summed E-state index contributed by atoms with van der Waals surface area (Å²) in [5, 5.41) is 20.2. The van der Waals surface area contributed by atoms with E-state index in [1.807, 2.05) is 0 Å². The number of nitrogens with zero attached hydrogens (tertiary/aromatic N) is 3. The largest absolute Gasteiger partial charge is 0.476 e. The molecule has 0 fully saturated rings. The molecular weight excluding hydrogens is 339 g/mol. The molecule has 2 N–H and O–H groups in total. The number of H-pyrrole nitrogens is 1. The Morgan fingerprint density at radius 3 is 2.68 bits per heavy atom. The van der Waals surface area contributed by atoms with Crippen LogP contribution in [0, 0.1) is 15.9 Å². The second-order valence-corrected chi connectivity index (χ2v) is 4.90. The smallest absolute Gasteiger partial charge is 0.360 e. The predicted molar refractivity (Wildman–Crippen MR) is 81.5 cm³/mol. The molecule has 0 spiro atoms. The lowest BCUT2D eigenvalue weighted by atomic mass is 10.2. The van der Waals surface area contributed by atoms with E-state index < -0.39 is 39.1 Å². The van der Waals surface area contributed by atoms with Crippen LogP contribution in [0.3, 0.4) is 0 Å². The lowest BCUT2D eigenvalue weighted by Crippen LogP contribution is -2.20. The van der Waals surface area contributed by atoms with Crippen LogP contribution in [-0.4, -0.2) is 30.5 Å². The van der Waals surface area contributed by atoms with Crippen LogP contribution >= 0.6 is 0 Å². The monoisotopic (exact) mass is 346 g/mol. The number of halogens is 1. The SMILES string of the molecule is O=C(O)c1nc2cc(-n3ccc(=O)c(F)c3)c([N+](=O)[O-])cc2[nH]c1=O. The van der Waals surface area contributed by atoms with Crippen molar-refractivity contribution in [1.82, 2.24) is 14.5 Å². The first kappa shape index (κ1) is 16.0. The van der Waals surface area contributed by atoms with Crippen LogP contribution in [-0.2, 0) is 0 Å². The summed E-state index contributed by atoms with van der Waals surface area (Å²) in [5.41, 5.74) is -3.49. The topological polar surface area (TPSA) is 148 Å². The molecule has 0 unspecified atom stereocenters. The van der Waals surface area contributed by atoms with Crippen molar-refractivity contribution in [1.29, 1.82) is 0 Å². The highest BCUT2D eigenvalue weighted by Gasteiger charge is 2.20. The molecule has 0 amide bonds. The molecule has 0 aliphatic heterocycles. The third-order valence-corrected chi connectivity index (χ3v) is 3.34. The summed E-state index contributed by atoms with van der Waals surface area (Å²) in [5.74, 6) is -2.70. The van der Waals surface area contributed by atoms with Crippen LogP contribution < -0.4 is 11.0 Å². The molecule has 126 valence electrons. The minimum atomic E-state index is -1.57. The van der Waals surface area contributed by atoms with Crippen molar-refractivity contribution in [2.45, 2.75) is 0 Å². The summed E-state index contributed by atoms with van der Waals surface area (Å²) in [4.78, 5) is 50.2. The maximum Gasteiger partial charge on any atom is 0.360 e. The van der Waals surface area contributed by atoms with Crippen molar-refractivity contribution in [3.63, 3.8) is 0 Å². The molecule has 25 heavy (non-hydrogen) atoms. The van der Waals surface area contributed by atoms with Crippen LogP contribution in [0.25, 0.3) is 16.7 Å². The van der Waals surface area contributed by atoms with Crippen LogP contribution in [0.15, 0.2) is 40.2 Å². The summed E-state index contributed by atoms with van der Waals surface area (Å²) in [6.07, 6.45) is 1.86. The van der Waals surface area contributed by atoms with Crippen molar-refractivity contribution in [2.24, 2.45) is 0 Å². The second-order valence-electron chi connectivity index (χ2n) is 4.90. The summed E-state index contributed by atoms with van der Waals surface area (Å²) in [6, 6.07) is 2.96. The van der Waals surface area contributed by atoms with Gasteiger partial charge in [0.15, 0.2) is 5.82 Å². The van der Waals surface area contributed by atoms with Crippen molar-refractivity contribution in [2.75, 3.05) is 0 Å². The number of aromatic nitrogens is 3. The number of hydrogen-bond acceptors (Lipinski definition) is 6. The lowest BCUT2D eigenvalue weighted by Gasteiger charge is -2.09. The van der Waals surface area contributed by atoms with Crippen LogP contribution in [0.5, 0.6) is 0 Å². The molecule has 0 atom stereocenters. The standard InChI is InChI=1S/C14H7FN4O6/c15-6-5-18(2-1-11(6)20)9-3-7-8(4-10(9)19(24)25)17-13(21)12(16-7)14(22)23/h1-5H,(H,17,21)(H,22,23). The van der Waals surface area contributed by atoms with Crippen LogP contribution in [0.1, 0.15) is 10.5 Å². The molecule has 0 aliphatic carbocycles. The highest BCUT2D eigenvalue weighted by molar-refractivity contribution is 5.89. The van der Waals surface area contributed by atoms with Gasteiger partial charge in [-0.15, -0.1) is 0 Å². The molecule has 0 saturated heterocycles. The highest BCUT2D eigenvalue weighted by Crippen LogP contribution is 2.26. The van der Waals surface area contributed by atoms with Gasteiger partial charge in [0.2, 0.25) is 11.1 Å². The molecule has 0 bridgehead atoms. The number of benzene rings is 1. The molecular formula is C14H7FN4O6. The Labute approximate surface area is 136 Å². The minimum Gasteiger partial charge on any atom is -0.476 e. The van der Waals surface area contributed by atoms with E-state index >= 15 is 0 Å². The Balaban J connectivity index is 2.37. The van der Waals surface area contributed by atoms with Gasteiger partial charge in [0.25, 0.3) is 11.2 Å². The summed E-state index contributed by atoms with van der Waals surface area (Å²) < 4.78 is 14.5. The van der Waals surface area contributed by atoms with Gasteiger partial charge < -0.3 is 14.7 Å². The Morgan fingerprint density at radius 2 is 2.08 bits per heavy atom. The third kappa shape index (κ3) is 2.73. The number of nitrogens with one attached hydrogen (secondary N) is 1. The Kier molecular flexibility index (Phi) is 3.60. The van der Waals surface area contributed by atoms with Gasteiger partial charge in [0, 0.05) is 24.5 Å². The first-order valence-corrected chi connectivity index (χ1v) is 6.62. The predicted octanol–water partition coefficient (Wildman–Crippen LogP) is 0.819. The van der Waals surface area contributed by atoms with E-state index in [9.17, 15) is 28.9 Å². The van der Waals surface area contributed by atoms with Gasteiger partial charge >= 0.3 is 5.97 Å². The average molecular weight is 346 g/mol. The average Bonchev–Trinajstić information content (AvgIpc) is 2.55. The molecule has 2 heterocycles. The molecule has 1 aromatic carbocycles. The molecule has 2 aromatic heterocycles. The fourth-order valence-corrected chi connectivity index (χ4v) is 2.22. The minimum absolute atomic E-state index is 0.0586. The number of rotatable bonds is 3. The number of fused-ring (bicyclic) bond motifs is 1. The van der Waals surface area contributed by atoms with Gasteiger partial charge in [0.05, 0.1) is 16.0 Å². The summed E-state index contributed by atoms with van der Waals surface area (Å²) in [6.45, 7) is 0. The van der Waals surface area contributed by atoms with E-state index in [-0.39, 0.29) is 16.7 Å².